The minimum absolute atomic E-state index is 0.00551. The minimum atomic E-state index is -0.499. The summed E-state index contributed by atoms with van der Waals surface area (Å²) in [7, 11) is 0. The molecular formula is C22H23BrN4O4. The van der Waals surface area contributed by atoms with Gasteiger partial charge in [0.1, 0.15) is 5.82 Å². The second-order valence-electron chi connectivity index (χ2n) is 7.45. The first kappa shape index (κ1) is 22.6. The largest absolute Gasteiger partial charge is 0.484 e. The number of benzene rings is 2. The van der Waals surface area contributed by atoms with Gasteiger partial charge >= 0.3 is 5.69 Å². The summed E-state index contributed by atoms with van der Waals surface area (Å²) in [5.74, 6) is 0.716. The van der Waals surface area contributed by atoms with Gasteiger partial charge in [-0.3, -0.25) is 14.9 Å². The Morgan fingerprint density at radius 1 is 1.26 bits per heavy atom. The Morgan fingerprint density at radius 2 is 2.00 bits per heavy atom. The molecule has 1 aromatic heterocycles. The van der Waals surface area contributed by atoms with E-state index in [9.17, 15) is 14.9 Å². The van der Waals surface area contributed by atoms with E-state index in [1.54, 1.807) is 32.0 Å². The van der Waals surface area contributed by atoms with Crippen LogP contribution >= 0.6 is 15.9 Å². The summed E-state index contributed by atoms with van der Waals surface area (Å²) in [6.45, 7) is 7.58. The number of hydrogen-bond donors (Lipinski definition) is 0. The van der Waals surface area contributed by atoms with Gasteiger partial charge in [-0.25, -0.2) is 4.98 Å². The lowest BCUT2D eigenvalue weighted by molar-refractivity contribution is -0.386. The van der Waals surface area contributed by atoms with Crippen molar-refractivity contribution in [1.82, 2.24) is 9.66 Å². The molecule has 0 bridgehead atoms. The Balaban J connectivity index is 2.12. The van der Waals surface area contributed by atoms with Gasteiger partial charge in [0.2, 0.25) is 0 Å². The fraction of sp³-hybridized carbons (Fsp3) is 0.318. The molecule has 3 aromatic rings. The quantitative estimate of drug-likeness (QED) is 0.258. The van der Waals surface area contributed by atoms with E-state index in [0.717, 1.165) is 10.9 Å². The summed E-state index contributed by atoms with van der Waals surface area (Å²) in [6, 6.07) is 9.90. The number of aromatic nitrogens is 2. The van der Waals surface area contributed by atoms with E-state index in [1.807, 2.05) is 19.9 Å². The van der Waals surface area contributed by atoms with Crippen molar-refractivity contribution in [3.8, 4) is 5.75 Å². The van der Waals surface area contributed by atoms with Crippen LogP contribution in [0.4, 0.5) is 5.69 Å². The SMILES string of the molecule is CC[C@H](C)c1nc2ccc(Br)cc2c(=O)n1N=Cc1ccc(OC(C)C)c([N+](=O)[O-])c1. The molecule has 0 aliphatic rings. The molecule has 0 saturated carbocycles. The van der Waals surface area contributed by atoms with Crippen molar-refractivity contribution in [2.45, 2.75) is 46.1 Å². The molecule has 1 heterocycles. The number of ether oxygens (including phenoxy) is 1. The maximum Gasteiger partial charge on any atom is 0.311 e. The third kappa shape index (κ3) is 4.99. The fourth-order valence-electron chi connectivity index (χ4n) is 3.01. The summed E-state index contributed by atoms with van der Waals surface area (Å²) in [6.07, 6.45) is 2.00. The molecule has 3 rings (SSSR count). The number of rotatable bonds is 7. The van der Waals surface area contributed by atoms with E-state index >= 15 is 0 Å². The smallest absolute Gasteiger partial charge is 0.311 e. The van der Waals surface area contributed by atoms with Crippen LogP contribution < -0.4 is 10.3 Å². The van der Waals surface area contributed by atoms with Crippen LogP contribution in [0.25, 0.3) is 10.9 Å². The van der Waals surface area contributed by atoms with Gasteiger partial charge in [0.25, 0.3) is 5.56 Å². The minimum Gasteiger partial charge on any atom is -0.484 e. The van der Waals surface area contributed by atoms with Crippen LogP contribution in [-0.2, 0) is 0 Å². The van der Waals surface area contributed by atoms with Crippen molar-refractivity contribution in [2.75, 3.05) is 0 Å². The Hall–Kier alpha value is -3.07. The maximum absolute atomic E-state index is 13.2. The summed E-state index contributed by atoms with van der Waals surface area (Å²) in [5.41, 5.74) is 0.611. The molecule has 31 heavy (non-hydrogen) atoms. The maximum atomic E-state index is 13.2. The molecule has 1 atom stereocenters. The van der Waals surface area contributed by atoms with E-state index in [0.29, 0.717) is 22.3 Å². The van der Waals surface area contributed by atoms with Gasteiger partial charge in [0.15, 0.2) is 5.75 Å². The highest BCUT2D eigenvalue weighted by atomic mass is 79.9. The number of halogens is 1. The van der Waals surface area contributed by atoms with Crippen LogP contribution in [0.2, 0.25) is 0 Å². The van der Waals surface area contributed by atoms with Gasteiger partial charge in [0, 0.05) is 22.0 Å². The highest BCUT2D eigenvalue weighted by Gasteiger charge is 2.18. The van der Waals surface area contributed by atoms with Gasteiger partial charge in [-0.1, -0.05) is 29.8 Å². The first-order valence-corrected chi connectivity index (χ1v) is 10.7. The molecule has 0 unspecified atom stereocenters. The number of nitrogens with zero attached hydrogens (tertiary/aromatic N) is 4. The Kier molecular flexibility index (Phi) is 6.84. The van der Waals surface area contributed by atoms with Crippen molar-refractivity contribution in [2.24, 2.45) is 5.10 Å². The molecule has 8 nitrogen and oxygen atoms in total. The van der Waals surface area contributed by atoms with Gasteiger partial charge in [-0.2, -0.15) is 9.78 Å². The van der Waals surface area contributed by atoms with Crippen LogP contribution in [0, 0.1) is 10.1 Å². The average Bonchev–Trinajstić information content (AvgIpc) is 2.73. The predicted molar refractivity (Wildman–Crippen MR) is 124 cm³/mol. The number of fused-ring (bicyclic) bond motifs is 1. The second kappa shape index (κ2) is 9.38. The van der Waals surface area contributed by atoms with Crippen LogP contribution in [0.5, 0.6) is 5.75 Å². The fourth-order valence-corrected chi connectivity index (χ4v) is 3.38. The zero-order valence-corrected chi connectivity index (χ0v) is 19.3. The zero-order valence-electron chi connectivity index (χ0n) is 17.7. The third-order valence-electron chi connectivity index (χ3n) is 4.75. The molecular weight excluding hydrogens is 464 g/mol. The first-order chi connectivity index (χ1) is 14.7. The van der Waals surface area contributed by atoms with Gasteiger partial charge in [-0.05, 0) is 50.6 Å². The number of nitro benzene ring substituents is 1. The van der Waals surface area contributed by atoms with E-state index in [4.69, 9.17) is 4.74 Å². The van der Waals surface area contributed by atoms with Crippen LogP contribution in [0.3, 0.4) is 0 Å². The highest BCUT2D eigenvalue weighted by Crippen LogP contribution is 2.28. The molecule has 2 aromatic carbocycles. The molecule has 9 heteroatoms. The molecule has 0 fully saturated rings. The topological polar surface area (TPSA) is 99.6 Å². The van der Waals surface area contributed by atoms with Crippen molar-refractivity contribution in [3.63, 3.8) is 0 Å². The molecule has 162 valence electrons. The van der Waals surface area contributed by atoms with E-state index < -0.39 is 4.92 Å². The average molecular weight is 487 g/mol. The molecule has 0 amide bonds. The van der Waals surface area contributed by atoms with Gasteiger partial charge in [0.05, 0.1) is 28.1 Å². The van der Waals surface area contributed by atoms with Crippen molar-refractivity contribution < 1.29 is 9.66 Å². The summed E-state index contributed by atoms with van der Waals surface area (Å²) in [4.78, 5) is 28.8. The van der Waals surface area contributed by atoms with E-state index in [1.165, 1.54) is 23.0 Å². The second-order valence-corrected chi connectivity index (χ2v) is 8.37. The molecule has 0 spiro atoms. The Morgan fingerprint density at radius 3 is 2.65 bits per heavy atom. The molecule has 0 aliphatic carbocycles. The lowest BCUT2D eigenvalue weighted by Crippen LogP contribution is -2.23. The van der Waals surface area contributed by atoms with E-state index in [-0.39, 0.29) is 29.0 Å². The van der Waals surface area contributed by atoms with Crippen molar-refractivity contribution in [3.05, 3.63) is 72.7 Å². The summed E-state index contributed by atoms with van der Waals surface area (Å²) >= 11 is 3.38. The molecule has 0 aliphatic heterocycles. The van der Waals surface area contributed by atoms with Crippen LogP contribution in [0.1, 0.15) is 51.4 Å². The van der Waals surface area contributed by atoms with Crippen molar-refractivity contribution in [1.29, 1.82) is 0 Å². The van der Waals surface area contributed by atoms with Crippen LogP contribution in [0.15, 0.2) is 50.8 Å². The van der Waals surface area contributed by atoms with Crippen molar-refractivity contribution >= 4 is 38.7 Å². The standard InChI is InChI=1S/C22H23BrN4O4/c1-5-14(4)21-25-18-8-7-16(23)11-17(18)22(28)26(21)24-12-15-6-9-20(31-13(2)3)19(10-15)27(29)30/h6-14H,5H2,1-4H3/t14-/m0/s1. The highest BCUT2D eigenvalue weighted by molar-refractivity contribution is 9.10. The van der Waals surface area contributed by atoms with Crippen LogP contribution in [-0.4, -0.2) is 26.9 Å². The van der Waals surface area contributed by atoms with E-state index in [2.05, 4.69) is 26.0 Å². The lowest BCUT2D eigenvalue weighted by Gasteiger charge is -2.14. The Bertz CT molecular complexity index is 1220. The van der Waals surface area contributed by atoms with Gasteiger partial charge in [-0.15, -0.1) is 0 Å². The summed E-state index contributed by atoms with van der Waals surface area (Å²) < 4.78 is 7.55. The number of hydrogen-bond acceptors (Lipinski definition) is 6. The van der Waals surface area contributed by atoms with Gasteiger partial charge < -0.3 is 4.74 Å². The Labute approximate surface area is 187 Å². The first-order valence-electron chi connectivity index (χ1n) is 9.93. The monoisotopic (exact) mass is 486 g/mol. The number of nitro groups is 1. The molecule has 0 radical (unpaired) electrons. The normalized spacial score (nSPS) is 12.6. The molecule has 0 saturated heterocycles. The lowest BCUT2D eigenvalue weighted by atomic mass is 10.1. The molecule has 0 N–H and O–H groups in total. The third-order valence-corrected chi connectivity index (χ3v) is 5.24. The zero-order chi connectivity index (χ0) is 22.7. The predicted octanol–water partition coefficient (Wildman–Crippen LogP) is 5.25. The summed E-state index contributed by atoms with van der Waals surface area (Å²) in [5, 5.41) is 16.2.